The first-order valence-corrected chi connectivity index (χ1v) is 4.43. The van der Waals surface area contributed by atoms with Gasteiger partial charge in [0, 0.05) is 12.4 Å². The molecule has 0 amide bonds. The fourth-order valence-electron chi connectivity index (χ4n) is 0.985. The number of halogens is 1. The van der Waals surface area contributed by atoms with E-state index >= 15 is 0 Å². The summed E-state index contributed by atoms with van der Waals surface area (Å²) in [6, 6.07) is 2.05. The third kappa shape index (κ3) is 0.951. The lowest BCUT2D eigenvalue weighted by Gasteiger charge is -2.08. The first-order valence-electron chi connectivity index (χ1n) is 3.23. The highest BCUT2D eigenvalue weighted by Gasteiger charge is 2.16. The Balaban J connectivity index is 2.59. The zero-order chi connectivity index (χ0) is 8.55. The molecule has 3 nitrogen and oxygen atoms in total. The molecule has 1 aliphatic rings. The predicted octanol–water partition coefficient (Wildman–Crippen LogP) is 2.58. The van der Waals surface area contributed by atoms with Gasteiger partial charge < -0.3 is 10.6 Å². The quantitative estimate of drug-likeness (QED) is 0.672. The smallest absolute Gasteiger partial charge is 0.119 e. The van der Waals surface area contributed by atoms with Gasteiger partial charge >= 0.3 is 0 Å². The summed E-state index contributed by atoms with van der Waals surface area (Å²) >= 11 is 7.18. The lowest BCUT2D eigenvalue weighted by molar-refractivity contribution is 1.47. The molecule has 1 aromatic rings. The first-order chi connectivity index (χ1) is 5.83. The summed E-state index contributed by atoms with van der Waals surface area (Å²) in [6.45, 7) is 0. The highest BCUT2D eigenvalue weighted by molar-refractivity contribution is 7.21. The van der Waals surface area contributed by atoms with Crippen molar-refractivity contribution >= 4 is 33.6 Å². The fourth-order valence-corrected chi connectivity index (χ4v) is 2.17. The third-order valence-corrected chi connectivity index (χ3v) is 2.83. The Bertz CT molecular complexity index is 388. The molecule has 0 unspecified atom stereocenters. The van der Waals surface area contributed by atoms with Gasteiger partial charge in [-0.3, -0.25) is 0 Å². The second kappa shape index (κ2) is 2.70. The Morgan fingerprint density at radius 2 is 2.17 bits per heavy atom. The molecule has 2 heterocycles. The lowest BCUT2D eigenvalue weighted by atomic mass is 10.3. The molecule has 0 aromatic carbocycles. The molecule has 0 saturated heterocycles. The topological polar surface area (TPSA) is 47.9 Å². The minimum Gasteiger partial charge on any atom is -0.357 e. The summed E-state index contributed by atoms with van der Waals surface area (Å²) in [5, 5.41) is 15.6. The monoisotopic (exact) mass is 197 g/mol. The van der Waals surface area contributed by atoms with Gasteiger partial charge in [0.15, 0.2) is 0 Å². The number of fused-ring (bicyclic) bond motifs is 1. The van der Waals surface area contributed by atoms with Crippen molar-refractivity contribution in [2.24, 2.45) is 0 Å². The van der Waals surface area contributed by atoms with E-state index in [1.54, 1.807) is 12.4 Å². The summed E-state index contributed by atoms with van der Waals surface area (Å²) in [5.41, 5.74) is 1.28. The van der Waals surface area contributed by atoms with E-state index in [4.69, 9.17) is 16.9 Å². The van der Waals surface area contributed by atoms with Crippen LogP contribution in [0.3, 0.4) is 0 Å². The highest BCUT2D eigenvalue weighted by Crippen LogP contribution is 2.41. The van der Waals surface area contributed by atoms with Crippen LogP contribution in [0.25, 0.3) is 0 Å². The lowest BCUT2D eigenvalue weighted by Crippen LogP contribution is -1.99. The normalized spacial score (nSPS) is 12.7. The number of anilines is 2. The van der Waals surface area contributed by atoms with Crippen LogP contribution in [0, 0.1) is 11.3 Å². The van der Waals surface area contributed by atoms with Crippen molar-refractivity contribution in [1.29, 1.82) is 5.26 Å². The molecular formula is C7H4ClN3S. The molecule has 0 bridgehead atoms. The summed E-state index contributed by atoms with van der Waals surface area (Å²) in [7, 11) is 0. The molecule has 1 aliphatic heterocycles. The Hall–Kier alpha value is -1.18. The standard InChI is InChI=1S/C7H4ClN3S/c8-6-4(3-9)5-7(12-6)11-2-1-10-5/h1-2,10-11H. The van der Waals surface area contributed by atoms with Crippen molar-refractivity contribution in [3.8, 4) is 6.07 Å². The van der Waals surface area contributed by atoms with Crippen molar-refractivity contribution in [1.82, 2.24) is 0 Å². The van der Waals surface area contributed by atoms with Gasteiger partial charge in [-0.2, -0.15) is 5.26 Å². The van der Waals surface area contributed by atoms with E-state index < -0.39 is 0 Å². The summed E-state index contributed by atoms with van der Waals surface area (Å²) in [4.78, 5) is 0. The van der Waals surface area contributed by atoms with Crippen molar-refractivity contribution in [3.63, 3.8) is 0 Å². The van der Waals surface area contributed by atoms with Crippen LogP contribution in [-0.4, -0.2) is 0 Å². The van der Waals surface area contributed by atoms with Crippen LogP contribution in [0.15, 0.2) is 12.4 Å². The molecule has 60 valence electrons. The van der Waals surface area contributed by atoms with Gasteiger partial charge in [0.25, 0.3) is 0 Å². The zero-order valence-corrected chi connectivity index (χ0v) is 7.46. The fraction of sp³-hybridized carbons (Fsp3) is 0. The molecule has 1 aromatic heterocycles. The average Bonchev–Trinajstić information content (AvgIpc) is 2.40. The van der Waals surface area contributed by atoms with Gasteiger partial charge in [-0.25, -0.2) is 0 Å². The van der Waals surface area contributed by atoms with Crippen molar-refractivity contribution in [2.45, 2.75) is 0 Å². The Morgan fingerprint density at radius 1 is 1.42 bits per heavy atom. The largest absolute Gasteiger partial charge is 0.357 e. The van der Waals surface area contributed by atoms with Crippen molar-refractivity contribution in [2.75, 3.05) is 10.6 Å². The van der Waals surface area contributed by atoms with Crippen LogP contribution in [0.5, 0.6) is 0 Å². The maximum absolute atomic E-state index is 8.74. The van der Waals surface area contributed by atoms with E-state index in [-0.39, 0.29) is 0 Å². The molecule has 0 aliphatic carbocycles. The summed E-state index contributed by atoms with van der Waals surface area (Å²) in [5.74, 6) is 0. The van der Waals surface area contributed by atoms with Gasteiger partial charge in [-0.1, -0.05) is 11.6 Å². The third-order valence-electron chi connectivity index (χ3n) is 1.50. The summed E-state index contributed by atoms with van der Waals surface area (Å²) < 4.78 is 0.520. The average molecular weight is 198 g/mol. The molecule has 0 spiro atoms. The molecule has 0 atom stereocenters. The Labute approximate surface area is 78.3 Å². The Kier molecular flexibility index (Phi) is 1.68. The number of nitriles is 1. The molecule has 0 fully saturated rings. The van der Waals surface area contributed by atoms with Gasteiger partial charge in [-0.15, -0.1) is 11.3 Å². The molecule has 0 saturated carbocycles. The van der Waals surface area contributed by atoms with Crippen molar-refractivity contribution < 1.29 is 0 Å². The molecule has 0 radical (unpaired) electrons. The number of rotatable bonds is 0. The van der Waals surface area contributed by atoms with E-state index in [9.17, 15) is 0 Å². The minimum absolute atomic E-state index is 0.508. The minimum atomic E-state index is 0.508. The molecule has 12 heavy (non-hydrogen) atoms. The van der Waals surface area contributed by atoms with Crippen LogP contribution >= 0.6 is 22.9 Å². The summed E-state index contributed by atoms with van der Waals surface area (Å²) in [6.07, 6.45) is 3.49. The van der Waals surface area contributed by atoms with E-state index in [0.717, 1.165) is 10.7 Å². The molecule has 2 N–H and O–H groups in total. The van der Waals surface area contributed by atoms with E-state index in [0.29, 0.717) is 9.90 Å². The predicted molar refractivity (Wildman–Crippen MR) is 50.4 cm³/mol. The maximum Gasteiger partial charge on any atom is 0.119 e. The van der Waals surface area contributed by atoms with Crippen LogP contribution in [0.1, 0.15) is 5.56 Å². The van der Waals surface area contributed by atoms with E-state index in [1.165, 1.54) is 11.3 Å². The molecule has 2 rings (SSSR count). The maximum atomic E-state index is 8.74. The van der Waals surface area contributed by atoms with Gasteiger partial charge in [0.05, 0.1) is 5.69 Å². The van der Waals surface area contributed by atoms with Crippen molar-refractivity contribution in [3.05, 3.63) is 22.3 Å². The van der Waals surface area contributed by atoms with Crippen LogP contribution in [-0.2, 0) is 0 Å². The highest BCUT2D eigenvalue weighted by atomic mass is 35.5. The molecular weight excluding hydrogens is 194 g/mol. The number of nitrogens with zero attached hydrogens (tertiary/aromatic N) is 1. The number of nitrogens with one attached hydrogen (secondary N) is 2. The Morgan fingerprint density at radius 3 is 2.92 bits per heavy atom. The van der Waals surface area contributed by atoms with Crippen LogP contribution < -0.4 is 10.6 Å². The van der Waals surface area contributed by atoms with E-state index in [1.807, 2.05) is 6.07 Å². The van der Waals surface area contributed by atoms with Gasteiger partial charge in [0.1, 0.15) is 21.0 Å². The SMILES string of the molecule is N#Cc1c(Cl)sc2c1NC=CN2. The van der Waals surface area contributed by atoms with Gasteiger partial charge in [-0.05, 0) is 0 Å². The zero-order valence-electron chi connectivity index (χ0n) is 5.89. The number of thiophene rings is 1. The van der Waals surface area contributed by atoms with Crippen LogP contribution in [0.4, 0.5) is 10.7 Å². The van der Waals surface area contributed by atoms with Crippen LogP contribution in [0.2, 0.25) is 4.34 Å². The number of hydrogen-bond acceptors (Lipinski definition) is 4. The second-order valence-corrected chi connectivity index (χ2v) is 3.81. The second-order valence-electron chi connectivity index (χ2n) is 2.19. The molecule has 5 heteroatoms. The number of hydrogen-bond donors (Lipinski definition) is 2. The van der Waals surface area contributed by atoms with E-state index in [2.05, 4.69) is 10.6 Å². The first kappa shape index (κ1) is 7.47. The van der Waals surface area contributed by atoms with Gasteiger partial charge in [0.2, 0.25) is 0 Å².